The molecule has 1 fully saturated rings. The van der Waals surface area contributed by atoms with E-state index < -0.39 is 0 Å². The molecule has 1 aliphatic carbocycles. The lowest BCUT2D eigenvalue weighted by Gasteiger charge is -2.28. The average molecular weight is 266 g/mol. The minimum Gasteiger partial charge on any atom is -0.310 e. The molecule has 0 aromatic heterocycles. The van der Waals surface area contributed by atoms with Crippen molar-refractivity contribution in [2.24, 2.45) is 11.8 Å². The molecular weight excluding hydrogens is 242 g/mol. The molecule has 0 radical (unpaired) electrons. The molecule has 2 heteroatoms. The molecule has 3 atom stereocenters. The maximum Gasteiger partial charge on any atom is 0.0409 e. The van der Waals surface area contributed by atoms with E-state index in [9.17, 15) is 0 Å². The molecule has 1 aromatic rings. The molecule has 0 amide bonds. The van der Waals surface area contributed by atoms with Gasteiger partial charge in [0, 0.05) is 11.1 Å². The monoisotopic (exact) mass is 265 g/mol. The van der Waals surface area contributed by atoms with E-state index in [1.54, 1.807) is 0 Å². The van der Waals surface area contributed by atoms with Gasteiger partial charge in [-0.1, -0.05) is 43.5 Å². The molecule has 2 rings (SSSR count). The van der Waals surface area contributed by atoms with E-state index in [1.165, 1.54) is 31.2 Å². The molecule has 0 spiro atoms. The molecule has 1 saturated carbocycles. The first-order valence-corrected chi connectivity index (χ1v) is 7.52. The van der Waals surface area contributed by atoms with Crippen LogP contribution in [-0.4, -0.2) is 6.54 Å². The first kappa shape index (κ1) is 13.9. The van der Waals surface area contributed by atoms with Crippen molar-refractivity contribution < 1.29 is 0 Å². The largest absolute Gasteiger partial charge is 0.310 e. The molecular formula is C16H24ClN. The van der Waals surface area contributed by atoms with E-state index in [4.69, 9.17) is 11.6 Å². The maximum absolute atomic E-state index is 6.03. The van der Waals surface area contributed by atoms with Crippen LogP contribution in [0.4, 0.5) is 0 Å². The van der Waals surface area contributed by atoms with Crippen LogP contribution in [0.25, 0.3) is 0 Å². The minimum atomic E-state index is 0.390. The number of benzene rings is 1. The van der Waals surface area contributed by atoms with Crippen LogP contribution in [0.5, 0.6) is 0 Å². The Morgan fingerprint density at radius 1 is 1.39 bits per heavy atom. The Hall–Kier alpha value is -0.530. The van der Waals surface area contributed by atoms with Gasteiger partial charge in [-0.15, -0.1) is 0 Å². The molecule has 18 heavy (non-hydrogen) atoms. The highest BCUT2D eigenvalue weighted by Crippen LogP contribution is 2.28. The van der Waals surface area contributed by atoms with Gasteiger partial charge in [-0.2, -0.15) is 0 Å². The highest BCUT2D eigenvalue weighted by molar-refractivity contribution is 6.30. The van der Waals surface area contributed by atoms with E-state index in [2.05, 4.69) is 31.3 Å². The highest BCUT2D eigenvalue weighted by Gasteiger charge is 2.19. The van der Waals surface area contributed by atoms with Gasteiger partial charge in [-0.05, 0) is 55.8 Å². The summed E-state index contributed by atoms with van der Waals surface area (Å²) in [6, 6.07) is 8.55. The summed E-state index contributed by atoms with van der Waals surface area (Å²) in [4.78, 5) is 0. The third-order valence-electron chi connectivity index (χ3n) is 4.11. The predicted octanol–water partition coefficient (Wildman–Crippen LogP) is 4.82. The van der Waals surface area contributed by atoms with Crippen molar-refractivity contribution in [1.82, 2.24) is 5.32 Å². The van der Waals surface area contributed by atoms with Crippen LogP contribution in [0.1, 0.15) is 51.1 Å². The van der Waals surface area contributed by atoms with Gasteiger partial charge in [0.25, 0.3) is 0 Å². The first-order chi connectivity index (χ1) is 8.65. The van der Waals surface area contributed by atoms with Gasteiger partial charge in [0.15, 0.2) is 0 Å². The third kappa shape index (κ3) is 4.00. The highest BCUT2D eigenvalue weighted by atomic mass is 35.5. The maximum atomic E-state index is 6.03. The minimum absolute atomic E-state index is 0.390. The van der Waals surface area contributed by atoms with Crippen molar-refractivity contribution >= 4 is 11.6 Å². The summed E-state index contributed by atoms with van der Waals surface area (Å²) >= 11 is 6.03. The summed E-state index contributed by atoms with van der Waals surface area (Å²) in [6.45, 7) is 5.74. The smallest absolute Gasteiger partial charge is 0.0409 e. The fourth-order valence-electron chi connectivity index (χ4n) is 2.98. The van der Waals surface area contributed by atoms with Crippen LogP contribution >= 0.6 is 11.6 Å². The lowest BCUT2D eigenvalue weighted by molar-refractivity contribution is 0.268. The summed E-state index contributed by atoms with van der Waals surface area (Å²) in [5.74, 6) is 1.77. The van der Waals surface area contributed by atoms with Crippen molar-refractivity contribution in [2.45, 2.75) is 45.6 Å². The van der Waals surface area contributed by atoms with E-state index in [0.29, 0.717) is 6.04 Å². The topological polar surface area (TPSA) is 12.0 Å². The molecule has 0 saturated heterocycles. The fraction of sp³-hybridized carbons (Fsp3) is 0.625. The van der Waals surface area contributed by atoms with Crippen LogP contribution < -0.4 is 5.32 Å². The van der Waals surface area contributed by atoms with Crippen LogP contribution in [0, 0.1) is 11.8 Å². The third-order valence-corrected chi connectivity index (χ3v) is 4.34. The van der Waals surface area contributed by atoms with Crippen molar-refractivity contribution in [3.8, 4) is 0 Å². The zero-order chi connectivity index (χ0) is 13.0. The standard InChI is InChI=1S/C16H24ClN/c1-12-5-3-6-14(9-12)11-18-13(2)15-7-4-8-16(17)10-15/h4,7-8,10,12-14,18H,3,5-6,9,11H2,1-2H3/t12?,13-,14?/m1/s1. The van der Waals surface area contributed by atoms with Crippen molar-refractivity contribution in [2.75, 3.05) is 6.54 Å². The second kappa shape index (κ2) is 6.58. The lowest BCUT2D eigenvalue weighted by Crippen LogP contribution is -2.28. The van der Waals surface area contributed by atoms with Gasteiger partial charge in [-0.3, -0.25) is 0 Å². The van der Waals surface area contributed by atoms with Gasteiger partial charge in [0.2, 0.25) is 0 Å². The van der Waals surface area contributed by atoms with Crippen LogP contribution in [-0.2, 0) is 0 Å². The number of halogens is 1. The fourth-order valence-corrected chi connectivity index (χ4v) is 3.18. The zero-order valence-corrected chi connectivity index (χ0v) is 12.2. The quantitative estimate of drug-likeness (QED) is 0.823. The Balaban J connectivity index is 1.82. The summed E-state index contributed by atoms with van der Waals surface area (Å²) in [6.07, 6.45) is 5.59. The SMILES string of the molecule is CC1CCCC(CN[C@H](C)c2cccc(Cl)c2)C1. The Labute approximate surface area is 116 Å². The number of rotatable bonds is 4. The molecule has 1 aliphatic rings. The van der Waals surface area contributed by atoms with Gasteiger partial charge in [0.05, 0.1) is 0 Å². The van der Waals surface area contributed by atoms with Crippen molar-refractivity contribution in [1.29, 1.82) is 0 Å². The molecule has 1 N–H and O–H groups in total. The Morgan fingerprint density at radius 2 is 2.22 bits per heavy atom. The van der Waals surface area contributed by atoms with Gasteiger partial charge in [0.1, 0.15) is 0 Å². The van der Waals surface area contributed by atoms with Crippen LogP contribution in [0.15, 0.2) is 24.3 Å². The first-order valence-electron chi connectivity index (χ1n) is 7.14. The second-order valence-corrected chi connectivity index (χ2v) is 6.26. The Kier molecular flexibility index (Phi) is 5.08. The van der Waals surface area contributed by atoms with Gasteiger partial charge < -0.3 is 5.32 Å². The van der Waals surface area contributed by atoms with Crippen LogP contribution in [0.2, 0.25) is 5.02 Å². The predicted molar refractivity (Wildman–Crippen MR) is 79.0 cm³/mol. The number of hydrogen-bond donors (Lipinski definition) is 1. The molecule has 1 aromatic carbocycles. The second-order valence-electron chi connectivity index (χ2n) is 5.82. The van der Waals surface area contributed by atoms with E-state index >= 15 is 0 Å². The van der Waals surface area contributed by atoms with E-state index in [-0.39, 0.29) is 0 Å². The number of hydrogen-bond acceptors (Lipinski definition) is 1. The summed E-state index contributed by atoms with van der Waals surface area (Å²) in [5.41, 5.74) is 1.28. The lowest BCUT2D eigenvalue weighted by atomic mass is 9.82. The van der Waals surface area contributed by atoms with Crippen molar-refractivity contribution in [3.05, 3.63) is 34.9 Å². The molecule has 0 heterocycles. The molecule has 1 nitrogen and oxygen atoms in total. The van der Waals surface area contributed by atoms with E-state index in [1.807, 2.05) is 12.1 Å². The molecule has 0 bridgehead atoms. The van der Waals surface area contributed by atoms with E-state index in [0.717, 1.165) is 23.4 Å². The molecule has 0 aliphatic heterocycles. The van der Waals surface area contributed by atoms with Crippen molar-refractivity contribution in [3.63, 3.8) is 0 Å². The zero-order valence-electron chi connectivity index (χ0n) is 11.5. The summed E-state index contributed by atoms with van der Waals surface area (Å²) in [5, 5.41) is 4.48. The van der Waals surface area contributed by atoms with Crippen LogP contribution in [0.3, 0.4) is 0 Å². The van der Waals surface area contributed by atoms with Gasteiger partial charge in [-0.25, -0.2) is 0 Å². The normalized spacial score (nSPS) is 25.9. The Morgan fingerprint density at radius 3 is 2.94 bits per heavy atom. The summed E-state index contributed by atoms with van der Waals surface area (Å²) < 4.78 is 0. The summed E-state index contributed by atoms with van der Waals surface area (Å²) in [7, 11) is 0. The average Bonchev–Trinajstić information content (AvgIpc) is 2.36. The number of nitrogens with one attached hydrogen (secondary N) is 1. The Bertz CT molecular complexity index is 377. The molecule has 2 unspecified atom stereocenters. The van der Waals surface area contributed by atoms with Gasteiger partial charge >= 0.3 is 0 Å². The molecule has 100 valence electrons.